The molecule has 0 N–H and O–H groups in total. The van der Waals surface area contributed by atoms with Gasteiger partial charge in [0, 0.05) is 12.7 Å². The molecule has 1 saturated carbocycles. The molecule has 0 aromatic rings. The van der Waals surface area contributed by atoms with Crippen LogP contribution >= 0.6 is 0 Å². The van der Waals surface area contributed by atoms with E-state index in [0.717, 1.165) is 11.8 Å². The predicted molar refractivity (Wildman–Crippen MR) is 53.2 cm³/mol. The monoisotopic (exact) mass is 175 g/mol. The zero-order chi connectivity index (χ0) is 8.67. The van der Waals surface area contributed by atoms with Crippen LogP contribution in [0.25, 0.3) is 0 Å². The molecule has 0 aromatic carbocycles. The molecule has 2 unspecified atom stereocenters. The van der Waals surface area contributed by atoms with Crippen LogP contribution in [0.1, 0.15) is 32.1 Å². The summed E-state index contributed by atoms with van der Waals surface area (Å²) in [6.45, 7) is 1.30. The van der Waals surface area contributed by atoms with Crippen molar-refractivity contribution >= 4 is 0 Å². The lowest BCUT2D eigenvalue weighted by Gasteiger charge is -2.17. The minimum absolute atomic E-state index is 0.714. The molecule has 0 amide bonds. The van der Waals surface area contributed by atoms with Gasteiger partial charge >= 0.3 is 0 Å². The summed E-state index contributed by atoms with van der Waals surface area (Å²) in [6.07, 6.45) is 11.8. The van der Waals surface area contributed by atoms with Gasteiger partial charge in [-0.15, -0.1) is 5.73 Å². The molecule has 0 radical (unpaired) electrons. The first-order valence-corrected chi connectivity index (χ1v) is 5.62. The summed E-state index contributed by atoms with van der Waals surface area (Å²) < 4.78 is 0. The van der Waals surface area contributed by atoms with Gasteiger partial charge in [0.15, 0.2) is 0 Å². The predicted octanol–water partition coefficient (Wildman–Crippen LogP) is 2.55. The SMILES string of the molecule is C1=CC2CC(C3CCCC3)CN2C=1. The van der Waals surface area contributed by atoms with E-state index < -0.39 is 0 Å². The van der Waals surface area contributed by atoms with E-state index in [1.807, 2.05) is 0 Å². The Balaban J connectivity index is 1.66. The molecule has 13 heavy (non-hydrogen) atoms. The lowest BCUT2D eigenvalue weighted by molar-refractivity contribution is 0.336. The van der Waals surface area contributed by atoms with Gasteiger partial charge in [-0.3, -0.25) is 0 Å². The van der Waals surface area contributed by atoms with Gasteiger partial charge in [-0.1, -0.05) is 25.7 Å². The third kappa shape index (κ3) is 1.23. The van der Waals surface area contributed by atoms with E-state index in [1.165, 1.54) is 38.6 Å². The number of nitrogens with zero attached hydrogens (tertiary/aromatic N) is 1. The summed E-state index contributed by atoms with van der Waals surface area (Å²) in [5, 5.41) is 0. The van der Waals surface area contributed by atoms with Crippen LogP contribution in [0, 0.1) is 11.8 Å². The number of fused-ring (bicyclic) bond motifs is 1. The Hall–Kier alpha value is -0.680. The lowest BCUT2D eigenvalue weighted by Crippen LogP contribution is -2.19. The molecule has 1 nitrogen and oxygen atoms in total. The maximum absolute atomic E-state index is 3.21. The summed E-state index contributed by atoms with van der Waals surface area (Å²) in [7, 11) is 0. The minimum atomic E-state index is 0.714. The molecular formula is C12H17N. The fourth-order valence-electron chi connectivity index (χ4n) is 3.26. The van der Waals surface area contributed by atoms with Crippen LogP contribution in [-0.4, -0.2) is 17.5 Å². The molecule has 3 rings (SSSR count). The van der Waals surface area contributed by atoms with E-state index in [4.69, 9.17) is 0 Å². The average molecular weight is 175 g/mol. The number of hydrogen-bond donors (Lipinski definition) is 0. The molecule has 2 heterocycles. The second-order valence-corrected chi connectivity index (χ2v) is 4.77. The topological polar surface area (TPSA) is 3.24 Å². The van der Waals surface area contributed by atoms with Crippen LogP contribution in [0.2, 0.25) is 0 Å². The summed E-state index contributed by atoms with van der Waals surface area (Å²) in [6, 6.07) is 0.714. The van der Waals surface area contributed by atoms with Gasteiger partial charge in [0.05, 0.1) is 6.04 Å². The second-order valence-electron chi connectivity index (χ2n) is 4.77. The molecule has 70 valence electrons. The van der Waals surface area contributed by atoms with Gasteiger partial charge < -0.3 is 4.90 Å². The quantitative estimate of drug-likeness (QED) is 0.554. The zero-order valence-electron chi connectivity index (χ0n) is 8.08. The molecule has 0 spiro atoms. The van der Waals surface area contributed by atoms with Crippen molar-refractivity contribution in [3.63, 3.8) is 0 Å². The fraction of sp³-hybridized carbons (Fsp3) is 0.750. The lowest BCUT2D eigenvalue weighted by atomic mass is 9.89. The highest BCUT2D eigenvalue weighted by atomic mass is 15.2. The highest BCUT2D eigenvalue weighted by Gasteiger charge is 2.35. The summed E-state index contributed by atoms with van der Waals surface area (Å²) in [4.78, 5) is 2.48. The minimum Gasteiger partial charge on any atom is -0.364 e. The Morgan fingerprint density at radius 3 is 2.77 bits per heavy atom. The average Bonchev–Trinajstić information content (AvgIpc) is 2.78. The van der Waals surface area contributed by atoms with E-state index in [2.05, 4.69) is 22.9 Å². The third-order valence-corrected chi connectivity index (χ3v) is 4.01. The first kappa shape index (κ1) is 7.70. The first-order chi connectivity index (χ1) is 6.43. The van der Waals surface area contributed by atoms with Crippen molar-refractivity contribution in [3.05, 3.63) is 18.0 Å². The van der Waals surface area contributed by atoms with E-state index in [1.54, 1.807) is 0 Å². The van der Waals surface area contributed by atoms with Gasteiger partial charge in [0.1, 0.15) is 0 Å². The molecule has 1 saturated heterocycles. The number of hydrogen-bond acceptors (Lipinski definition) is 1. The maximum atomic E-state index is 3.21. The van der Waals surface area contributed by atoms with Crippen LogP contribution in [0.4, 0.5) is 0 Å². The van der Waals surface area contributed by atoms with Crippen molar-refractivity contribution in [1.29, 1.82) is 0 Å². The van der Waals surface area contributed by atoms with E-state index in [9.17, 15) is 0 Å². The van der Waals surface area contributed by atoms with Crippen LogP contribution < -0.4 is 0 Å². The Bertz CT molecular complexity index is 240. The standard InChI is InChI=1S/C12H17N/c1-2-5-10(4-1)11-8-12-6-3-7-13(12)9-11/h6-7,10-12H,1-2,4-5,8-9H2. The molecule has 3 aliphatic rings. The van der Waals surface area contributed by atoms with Gasteiger partial charge in [-0.05, 0) is 24.3 Å². The van der Waals surface area contributed by atoms with E-state index >= 15 is 0 Å². The van der Waals surface area contributed by atoms with Crippen LogP contribution in [0.15, 0.2) is 18.0 Å². The van der Waals surface area contributed by atoms with Crippen LogP contribution in [0.3, 0.4) is 0 Å². The van der Waals surface area contributed by atoms with Crippen molar-refractivity contribution in [1.82, 2.24) is 4.90 Å². The molecule has 2 aliphatic heterocycles. The smallest absolute Gasteiger partial charge is 0.0551 e. The van der Waals surface area contributed by atoms with Crippen molar-refractivity contribution in [2.75, 3.05) is 6.54 Å². The molecule has 2 atom stereocenters. The molecule has 2 fully saturated rings. The second kappa shape index (κ2) is 2.92. The normalized spacial score (nSPS) is 37.7. The van der Waals surface area contributed by atoms with Gasteiger partial charge in [0.25, 0.3) is 0 Å². The van der Waals surface area contributed by atoms with Crippen molar-refractivity contribution in [2.24, 2.45) is 11.8 Å². The van der Waals surface area contributed by atoms with Gasteiger partial charge in [-0.25, -0.2) is 0 Å². The summed E-state index contributed by atoms with van der Waals surface area (Å²) >= 11 is 0. The van der Waals surface area contributed by atoms with Crippen LogP contribution in [0.5, 0.6) is 0 Å². The molecule has 1 aliphatic carbocycles. The molecule has 0 bridgehead atoms. The highest BCUT2D eigenvalue weighted by Crippen LogP contribution is 2.39. The molecule has 1 heteroatoms. The molecular weight excluding hydrogens is 158 g/mol. The van der Waals surface area contributed by atoms with Gasteiger partial charge in [-0.2, -0.15) is 0 Å². The largest absolute Gasteiger partial charge is 0.364 e. The van der Waals surface area contributed by atoms with Gasteiger partial charge in [0.2, 0.25) is 0 Å². The van der Waals surface area contributed by atoms with E-state index in [0.29, 0.717) is 6.04 Å². The third-order valence-electron chi connectivity index (χ3n) is 4.01. The van der Waals surface area contributed by atoms with Crippen molar-refractivity contribution < 1.29 is 0 Å². The zero-order valence-corrected chi connectivity index (χ0v) is 8.08. The summed E-state index contributed by atoms with van der Waals surface area (Å²) in [5.74, 6) is 2.04. The van der Waals surface area contributed by atoms with Crippen molar-refractivity contribution in [3.8, 4) is 0 Å². The Kier molecular flexibility index (Phi) is 1.73. The number of rotatable bonds is 1. The van der Waals surface area contributed by atoms with Crippen molar-refractivity contribution in [2.45, 2.75) is 38.1 Å². The fourth-order valence-corrected chi connectivity index (χ4v) is 3.26. The van der Waals surface area contributed by atoms with Crippen LogP contribution in [-0.2, 0) is 0 Å². The Labute approximate surface area is 80.1 Å². The first-order valence-electron chi connectivity index (χ1n) is 5.62. The highest BCUT2D eigenvalue weighted by molar-refractivity contribution is 5.09. The van der Waals surface area contributed by atoms with E-state index in [-0.39, 0.29) is 0 Å². The maximum Gasteiger partial charge on any atom is 0.0551 e. The summed E-state index contributed by atoms with van der Waals surface area (Å²) in [5.41, 5.74) is 3.21. The molecule has 0 aromatic heterocycles. The Morgan fingerprint density at radius 1 is 1.15 bits per heavy atom. The Morgan fingerprint density at radius 2 is 2.00 bits per heavy atom.